The number of likely N-dealkylation sites (tertiary alicyclic amines) is 1. The molecule has 1 aromatic rings. The molecule has 1 aliphatic rings. The van der Waals surface area contributed by atoms with Crippen molar-refractivity contribution in [2.24, 2.45) is 5.92 Å². The first kappa shape index (κ1) is 22.8. The highest BCUT2D eigenvalue weighted by molar-refractivity contribution is 7.89. The molecular formula is C20H32N2O5S. The van der Waals surface area contributed by atoms with Crippen LogP contribution in [-0.4, -0.2) is 64.8 Å². The summed E-state index contributed by atoms with van der Waals surface area (Å²) in [7, 11) is -2.11. The minimum Gasteiger partial charge on any atom is -0.385 e. The Hall–Kier alpha value is -1.48. The largest absolute Gasteiger partial charge is 0.385 e. The van der Waals surface area contributed by atoms with Gasteiger partial charge in [0.1, 0.15) is 6.04 Å². The number of rotatable bonds is 11. The standard InChI is InChI=1S/C20H32N2O5S/c1-15(2)12-19(21-28(24,25)18-8-6-16(3)7-9-18)20(23)22-13-17(14-22)27-11-5-10-26-4/h6-9,15,17,19,21H,5,10-14H2,1-4H3/t19-/m1/s1. The first-order valence-corrected chi connectivity index (χ1v) is 11.2. The molecule has 1 amide bonds. The van der Waals surface area contributed by atoms with Gasteiger partial charge in [-0.25, -0.2) is 8.42 Å². The lowest BCUT2D eigenvalue weighted by Gasteiger charge is -2.41. The van der Waals surface area contributed by atoms with E-state index in [-0.39, 0.29) is 22.8 Å². The number of methoxy groups -OCH3 is 1. The van der Waals surface area contributed by atoms with Crippen molar-refractivity contribution >= 4 is 15.9 Å². The molecule has 0 aromatic heterocycles. The summed E-state index contributed by atoms with van der Waals surface area (Å²) in [6.45, 7) is 8.06. The number of nitrogens with one attached hydrogen (secondary N) is 1. The zero-order valence-electron chi connectivity index (χ0n) is 17.2. The lowest BCUT2D eigenvalue weighted by Crippen LogP contribution is -2.60. The van der Waals surface area contributed by atoms with Gasteiger partial charge in [0.05, 0.1) is 11.0 Å². The Bertz CT molecular complexity index is 727. The number of carbonyl (C=O) groups is 1. The second-order valence-corrected chi connectivity index (χ2v) is 9.41. The minimum atomic E-state index is -3.76. The fourth-order valence-corrected chi connectivity index (χ4v) is 4.24. The molecule has 0 unspecified atom stereocenters. The summed E-state index contributed by atoms with van der Waals surface area (Å²) in [5.74, 6) is -0.0156. The van der Waals surface area contributed by atoms with Gasteiger partial charge in [0.2, 0.25) is 15.9 Å². The quantitative estimate of drug-likeness (QED) is 0.562. The van der Waals surface area contributed by atoms with Gasteiger partial charge in [-0.2, -0.15) is 4.72 Å². The van der Waals surface area contributed by atoms with Gasteiger partial charge in [-0.3, -0.25) is 4.79 Å². The highest BCUT2D eigenvalue weighted by Crippen LogP contribution is 2.19. The summed E-state index contributed by atoms with van der Waals surface area (Å²) < 4.78 is 38.7. The third kappa shape index (κ3) is 6.55. The van der Waals surface area contributed by atoms with E-state index in [9.17, 15) is 13.2 Å². The average Bonchev–Trinajstić information content (AvgIpc) is 2.58. The minimum absolute atomic E-state index is 0.00853. The maximum Gasteiger partial charge on any atom is 0.241 e. The zero-order chi connectivity index (χ0) is 20.7. The number of amides is 1. The number of sulfonamides is 1. The number of benzene rings is 1. The molecule has 0 bridgehead atoms. The Morgan fingerprint density at radius 2 is 1.86 bits per heavy atom. The molecule has 1 aromatic carbocycles. The summed E-state index contributed by atoms with van der Waals surface area (Å²) in [6, 6.07) is 5.83. The fraction of sp³-hybridized carbons (Fsp3) is 0.650. The van der Waals surface area contributed by atoms with Crippen LogP contribution in [-0.2, 0) is 24.3 Å². The Balaban J connectivity index is 1.96. The number of hydrogen-bond acceptors (Lipinski definition) is 5. The molecule has 1 fully saturated rings. The van der Waals surface area contributed by atoms with Crippen LogP contribution in [0.15, 0.2) is 29.2 Å². The van der Waals surface area contributed by atoms with Gasteiger partial charge in [-0.15, -0.1) is 0 Å². The van der Waals surface area contributed by atoms with Crippen molar-refractivity contribution in [3.8, 4) is 0 Å². The number of carbonyl (C=O) groups excluding carboxylic acids is 1. The molecule has 1 saturated heterocycles. The number of hydrogen-bond donors (Lipinski definition) is 1. The lowest BCUT2D eigenvalue weighted by atomic mass is 10.0. The zero-order valence-corrected chi connectivity index (χ0v) is 18.0. The van der Waals surface area contributed by atoms with Crippen LogP contribution in [0.2, 0.25) is 0 Å². The molecular weight excluding hydrogens is 380 g/mol. The smallest absolute Gasteiger partial charge is 0.241 e. The molecule has 0 aliphatic carbocycles. The van der Waals surface area contributed by atoms with E-state index in [1.165, 1.54) is 0 Å². The molecule has 1 aliphatic heterocycles. The maximum absolute atomic E-state index is 12.9. The SMILES string of the molecule is COCCCOC1CN(C(=O)[C@@H](CC(C)C)NS(=O)(=O)c2ccc(C)cc2)C1. The van der Waals surface area contributed by atoms with Gasteiger partial charge in [0.15, 0.2) is 0 Å². The molecule has 8 heteroatoms. The Morgan fingerprint density at radius 1 is 1.21 bits per heavy atom. The molecule has 1 atom stereocenters. The van der Waals surface area contributed by atoms with E-state index in [2.05, 4.69) is 4.72 Å². The highest BCUT2D eigenvalue weighted by Gasteiger charge is 2.37. The van der Waals surface area contributed by atoms with E-state index in [0.29, 0.717) is 32.7 Å². The molecule has 0 radical (unpaired) electrons. The van der Waals surface area contributed by atoms with Crippen LogP contribution < -0.4 is 4.72 Å². The first-order valence-electron chi connectivity index (χ1n) is 9.71. The predicted molar refractivity (Wildman–Crippen MR) is 108 cm³/mol. The molecule has 1 N–H and O–H groups in total. The monoisotopic (exact) mass is 412 g/mol. The summed E-state index contributed by atoms with van der Waals surface area (Å²) in [4.78, 5) is 14.7. The van der Waals surface area contributed by atoms with Crippen molar-refractivity contribution in [2.45, 2.75) is 50.7 Å². The van der Waals surface area contributed by atoms with Crippen LogP contribution in [0.3, 0.4) is 0 Å². The van der Waals surface area contributed by atoms with Crippen LogP contribution in [0, 0.1) is 12.8 Å². The van der Waals surface area contributed by atoms with Crippen molar-refractivity contribution in [3.05, 3.63) is 29.8 Å². The third-order valence-electron chi connectivity index (χ3n) is 4.64. The van der Waals surface area contributed by atoms with Gasteiger partial charge in [-0.1, -0.05) is 31.5 Å². The van der Waals surface area contributed by atoms with Gasteiger partial charge in [0, 0.05) is 33.4 Å². The summed E-state index contributed by atoms with van der Waals surface area (Å²) in [5.41, 5.74) is 0.978. The Labute approximate surface area is 168 Å². The third-order valence-corrected chi connectivity index (χ3v) is 6.13. The van der Waals surface area contributed by atoms with Crippen LogP contribution in [0.1, 0.15) is 32.3 Å². The van der Waals surface area contributed by atoms with Crippen LogP contribution in [0.5, 0.6) is 0 Å². The van der Waals surface area contributed by atoms with E-state index in [4.69, 9.17) is 9.47 Å². The van der Waals surface area contributed by atoms with Gasteiger partial charge < -0.3 is 14.4 Å². The van der Waals surface area contributed by atoms with E-state index in [0.717, 1.165) is 12.0 Å². The van der Waals surface area contributed by atoms with Crippen LogP contribution >= 0.6 is 0 Å². The molecule has 1 heterocycles. The average molecular weight is 413 g/mol. The van der Waals surface area contributed by atoms with Crippen molar-refractivity contribution in [1.29, 1.82) is 0 Å². The Morgan fingerprint density at radius 3 is 2.43 bits per heavy atom. The van der Waals surface area contributed by atoms with Gasteiger partial charge in [0.25, 0.3) is 0 Å². The second-order valence-electron chi connectivity index (χ2n) is 7.70. The molecule has 7 nitrogen and oxygen atoms in total. The maximum atomic E-state index is 12.9. The molecule has 0 spiro atoms. The Kier molecular flexibility index (Phi) is 8.42. The van der Waals surface area contributed by atoms with E-state index in [1.807, 2.05) is 20.8 Å². The topological polar surface area (TPSA) is 84.9 Å². The number of ether oxygens (including phenoxy) is 2. The first-order chi connectivity index (χ1) is 13.2. The van der Waals surface area contributed by atoms with E-state index < -0.39 is 16.1 Å². The van der Waals surface area contributed by atoms with Crippen molar-refractivity contribution in [2.75, 3.05) is 33.4 Å². The molecule has 158 valence electrons. The van der Waals surface area contributed by atoms with Crippen molar-refractivity contribution in [1.82, 2.24) is 9.62 Å². The number of aryl methyl sites for hydroxylation is 1. The van der Waals surface area contributed by atoms with Gasteiger partial charge >= 0.3 is 0 Å². The van der Waals surface area contributed by atoms with E-state index in [1.54, 1.807) is 36.3 Å². The normalized spacial score (nSPS) is 16.2. The van der Waals surface area contributed by atoms with Gasteiger partial charge in [-0.05, 0) is 37.8 Å². The highest BCUT2D eigenvalue weighted by atomic mass is 32.2. The second kappa shape index (κ2) is 10.3. The van der Waals surface area contributed by atoms with Crippen molar-refractivity contribution in [3.63, 3.8) is 0 Å². The lowest BCUT2D eigenvalue weighted by molar-refractivity contribution is -0.147. The molecule has 28 heavy (non-hydrogen) atoms. The molecule has 0 saturated carbocycles. The predicted octanol–water partition coefficient (Wildman–Crippen LogP) is 1.95. The number of nitrogens with zero attached hydrogens (tertiary/aromatic N) is 1. The summed E-state index contributed by atoms with van der Waals surface area (Å²) in [6.07, 6.45) is 1.27. The van der Waals surface area contributed by atoms with Crippen molar-refractivity contribution < 1.29 is 22.7 Å². The van der Waals surface area contributed by atoms with E-state index >= 15 is 0 Å². The van der Waals surface area contributed by atoms with Crippen LogP contribution in [0.25, 0.3) is 0 Å². The fourth-order valence-electron chi connectivity index (χ4n) is 3.04. The summed E-state index contributed by atoms with van der Waals surface area (Å²) in [5, 5.41) is 0. The summed E-state index contributed by atoms with van der Waals surface area (Å²) >= 11 is 0. The molecule has 2 rings (SSSR count). The van der Waals surface area contributed by atoms with Crippen LogP contribution in [0.4, 0.5) is 0 Å².